The summed E-state index contributed by atoms with van der Waals surface area (Å²) in [7, 11) is 0. The summed E-state index contributed by atoms with van der Waals surface area (Å²) in [6, 6.07) is 15.5. The van der Waals surface area contributed by atoms with Crippen molar-refractivity contribution in [2.45, 2.75) is 6.54 Å². The van der Waals surface area contributed by atoms with Gasteiger partial charge in [-0.15, -0.1) is 0 Å². The fraction of sp³-hybridized carbons (Fsp3) is 0.240. The number of rotatable bonds is 4. The van der Waals surface area contributed by atoms with Gasteiger partial charge in [0.25, 0.3) is 5.91 Å². The molecule has 0 N–H and O–H groups in total. The van der Waals surface area contributed by atoms with Crippen LogP contribution in [0.15, 0.2) is 60.9 Å². The molecule has 1 fully saturated rings. The first-order valence-corrected chi connectivity index (χ1v) is 11.5. The molecule has 9 heteroatoms. The SMILES string of the molecule is O=C(c1cnn2c(-c3ccccc3Cl)ccnc12)N1CCN(Cc2ccc3c(c2)OCO3)CC1. The normalized spacial score (nSPS) is 15.7. The summed E-state index contributed by atoms with van der Waals surface area (Å²) in [4.78, 5) is 22.0. The molecule has 2 aromatic heterocycles. The van der Waals surface area contributed by atoms with Crippen LogP contribution in [-0.2, 0) is 6.54 Å². The summed E-state index contributed by atoms with van der Waals surface area (Å²) in [5.41, 5.74) is 3.84. The zero-order valence-electron chi connectivity index (χ0n) is 18.4. The van der Waals surface area contributed by atoms with Gasteiger partial charge in [0, 0.05) is 49.5 Å². The maximum atomic E-state index is 13.3. The highest BCUT2D eigenvalue weighted by atomic mass is 35.5. The van der Waals surface area contributed by atoms with Gasteiger partial charge in [-0.1, -0.05) is 35.9 Å². The van der Waals surface area contributed by atoms with Crippen molar-refractivity contribution in [3.05, 3.63) is 77.1 Å². The Morgan fingerprint density at radius 2 is 1.82 bits per heavy atom. The average Bonchev–Trinajstić information content (AvgIpc) is 3.51. The molecule has 8 nitrogen and oxygen atoms in total. The average molecular weight is 476 g/mol. The third-order valence-electron chi connectivity index (χ3n) is 6.28. The molecule has 2 aromatic carbocycles. The standard InChI is InChI=1S/C25H22ClN5O3/c26-20-4-2-1-3-18(20)21-7-8-27-24-19(14-28-31(21)24)25(32)30-11-9-29(10-12-30)15-17-5-6-22-23(13-17)34-16-33-22/h1-8,13-14H,9-12,15-16H2. The summed E-state index contributed by atoms with van der Waals surface area (Å²) in [6.07, 6.45) is 3.29. The Labute approximate surface area is 201 Å². The maximum Gasteiger partial charge on any atom is 0.259 e. The van der Waals surface area contributed by atoms with Crippen LogP contribution in [0.3, 0.4) is 0 Å². The van der Waals surface area contributed by atoms with Crippen LogP contribution in [0.1, 0.15) is 15.9 Å². The highest BCUT2D eigenvalue weighted by Gasteiger charge is 2.26. The zero-order chi connectivity index (χ0) is 23.1. The quantitative estimate of drug-likeness (QED) is 0.448. The van der Waals surface area contributed by atoms with Gasteiger partial charge in [-0.2, -0.15) is 5.10 Å². The third kappa shape index (κ3) is 3.74. The largest absolute Gasteiger partial charge is 0.454 e. The number of benzene rings is 2. The molecule has 172 valence electrons. The fourth-order valence-corrected chi connectivity index (χ4v) is 4.72. The van der Waals surface area contributed by atoms with E-state index in [2.05, 4.69) is 21.0 Å². The Bertz CT molecular complexity index is 1380. The summed E-state index contributed by atoms with van der Waals surface area (Å²) in [5.74, 6) is 1.53. The Balaban J connectivity index is 1.16. The van der Waals surface area contributed by atoms with E-state index >= 15 is 0 Å². The Kier molecular flexibility index (Phi) is 5.31. The number of aromatic nitrogens is 3. The zero-order valence-corrected chi connectivity index (χ0v) is 19.1. The maximum absolute atomic E-state index is 13.3. The van der Waals surface area contributed by atoms with Gasteiger partial charge in [-0.05, 0) is 29.8 Å². The predicted octanol–water partition coefficient (Wildman–Crippen LogP) is 3.74. The van der Waals surface area contributed by atoms with E-state index in [0.717, 1.165) is 42.4 Å². The monoisotopic (exact) mass is 475 g/mol. The van der Waals surface area contributed by atoms with Gasteiger partial charge in [-0.3, -0.25) is 9.69 Å². The molecule has 4 aromatic rings. The van der Waals surface area contributed by atoms with Gasteiger partial charge in [0.1, 0.15) is 5.56 Å². The van der Waals surface area contributed by atoms with Crippen LogP contribution in [0.4, 0.5) is 0 Å². The van der Waals surface area contributed by atoms with E-state index in [1.807, 2.05) is 47.4 Å². The van der Waals surface area contributed by atoms with Gasteiger partial charge >= 0.3 is 0 Å². The van der Waals surface area contributed by atoms with E-state index in [9.17, 15) is 4.79 Å². The second-order valence-corrected chi connectivity index (χ2v) is 8.77. The van der Waals surface area contributed by atoms with Crippen LogP contribution in [0.2, 0.25) is 5.02 Å². The molecule has 0 saturated carbocycles. The lowest BCUT2D eigenvalue weighted by molar-refractivity contribution is 0.0630. The number of hydrogen-bond acceptors (Lipinski definition) is 6. The number of carbonyl (C=O) groups is 1. The van der Waals surface area contributed by atoms with Crippen molar-refractivity contribution in [1.82, 2.24) is 24.4 Å². The molecule has 1 amide bonds. The van der Waals surface area contributed by atoms with Gasteiger partial charge in [0.05, 0.1) is 11.9 Å². The Morgan fingerprint density at radius 3 is 2.68 bits per heavy atom. The number of halogens is 1. The van der Waals surface area contributed by atoms with E-state index < -0.39 is 0 Å². The number of hydrogen-bond donors (Lipinski definition) is 0. The lowest BCUT2D eigenvalue weighted by Gasteiger charge is -2.34. The van der Waals surface area contributed by atoms with E-state index in [1.165, 1.54) is 5.56 Å². The van der Waals surface area contributed by atoms with Crippen molar-refractivity contribution in [1.29, 1.82) is 0 Å². The molecule has 0 bridgehead atoms. The molecule has 1 saturated heterocycles. The van der Waals surface area contributed by atoms with Crippen molar-refractivity contribution >= 4 is 23.2 Å². The molecule has 2 aliphatic rings. The second-order valence-electron chi connectivity index (χ2n) is 8.36. The van der Waals surface area contributed by atoms with Crippen LogP contribution in [-0.4, -0.2) is 63.3 Å². The smallest absolute Gasteiger partial charge is 0.259 e. The first-order chi connectivity index (χ1) is 16.7. The molecular formula is C25H22ClN5O3. The van der Waals surface area contributed by atoms with E-state index in [0.29, 0.717) is 29.3 Å². The van der Waals surface area contributed by atoms with Crippen molar-refractivity contribution in [3.8, 4) is 22.8 Å². The number of amides is 1. The number of ether oxygens (including phenoxy) is 2. The molecule has 0 aliphatic carbocycles. The minimum atomic E-state index is -0.0541. The van der Waals surface area contributed by atoms with Crippen LogP contribution in [0, 0.1) is 0 Å². The number of carbonyl (C=O) groups excluding carboxylic acids is 1. The molecular weight excluding hydrogens is 454 g/mol. The molecule has 0 spiro atoms. The summed E-state index contributed by atoms with van der Waals surface area (Å²) in [6.45, 7) is 3.95. The van der Waals surface area contributed by atoms with Crippen molar-refractivity contribution in [2.75, 3.05) is 33.0 Å². The third-order valence-corrected chi connectivity index (χ3v) is 6.61. The highest BCUT2D eigenvalue weighted by molar-refractivity contribution is 6.33. The number of nitrogens with zero attached hydrogens (tertiary/aromatic N) is 5. The second kappa shape index (κ2) is 8.62. The van der Waals surface area contributed by atoms with E-state index in [-0.39, 0.29) is 12.7 Å². The van der Waals surface area contributed by atoms with Crippen LogP contribution in [0.25, 0.3) is 16.9 Å². The van der Waals surface area contributed by atoms with Gasteiger partial charge in [-0.25, -0.2) is 9.50 Å². The molecule has 0 unspecified atom stereocenters. The lowest BCUT2D eigenvalue weighted by atomic mass is 10.1. The topological polar surface area (TPSA) is 72.2 Å². The van der Waals surface area contributed by atoms with Crippen molar-refractivity contribution in [3.63, 3.8) is 0 Å². The van der Waals surface area contributed by atoms with Gasteiger partial charge < -0.3 is 14.4 Å². The van der Waals surface area contributed by atoms with E-state index in [4.69, 9.17) is 21.1 Å². The van der Waals surface area contributed by atoms with Crippen molar-refractivity contribution < 1.29 is 14.3 Å². The molecule has 2 aliphatic heterocycles. The summed E-state index contributed by atoms with van der Waals surface area (Å²) < 4.78 is 12.6. The summed E-state index contributed by atoms with van der Waals surface area (Å²) in [5, 5.41) is 5.09. The minimum Gasteiger partial charge on any atom is -0.454 e. The molecule has 0 atom stereocenters. The van der Waals surface area contributed by atoms with Crippen molar-refractivity contribution in [2.24, 2.45) is 0 Å². The molecule has 6 rings (SSSR count). The number of fused-ring (bicyclic) bond motifs is 2. The first kappa shape index (κ1) is 20.9. The van der Waals surface area contributed by atoms with Gasteiger partial charge in [0.2, 0.25) is 6.79 Å². The highest BCUT2D eigenvalue weighted by Crippen LogP contribution is 2.33. The van der Waals surface area contributed by atoms with Crippen LogP contribution in [0.5, 0.6) is 11.5 Å². The lowest BCUT2D eigenvalue weighted by Crippen LogP contribution is -2.48. The first-order valence-electron chi connectivity index (χ1n) is 11.2. The Morgan fingerprint density at radius 1 is 1.00 bits per heavy atom. The number of piperazine rings is 1. The van der Waals surface area contributed by atoms with E-state index in [1.54, 1.807) is 16.9 Å². The fourth-order valence-electron chi connectivity index (χ4n) is 4.49. The molecule has 0 radical (unpaired) electrons. The predicted molar refractivity (Wildman–Crippen MR) is 127 cm³/mol. The Hall–Kier alpha value is -3.62. The molecule has 4 heterocycles. The van der Waals surface area contributed by atoms with Crippen LogP contribution >= 0.6 is 11.6 Å². The van der Waals surface area contributed by atoms with Gasteiger partial charge in [0.15, 0.2) is 17.1 Å². The summed E-state index contributed by atoms with van der Waals surface area (Å²) >= 11 is 6.40. The minimum absolute atomic E-state index is 0.0541. The van der Waals surface area contributed by atoms with Crippen LogP contribution < -0.4 is 9.47 Å². The molecule has 34 heavy (non-hydrogen) atoms.